The van der Waals surface area contributed by atoms with Crippen molar-refractivity contribution in [1.29, 1.82) is 0 Å². The highest BCUT2D eigenvalue weighted by Crippen LogP contribution is 2.27. The molecular weight excluding hydrogens is 278 g/mol. The Balaban J connectivity index is 2.17. The second-order valence-corrected chi connectivity index (χ2v) is 5.40. The molecule has 0 radical (unpaired) electrons. The van der Waals surface area contributed by atoms with E-state index < -0.39 is 4.92 Å². The van der Waals surface area contributed by atoms with Crippen LogP contribution < -0.4 is 10.1 Å². The minimum absolute atomic E-state index is 0.00443. The van der Waals surface area contributed by atoms with E-state index in [1.807, 2.05) is 19.2 Å². The molecule has 0 aliphatic carbocycles. The van der Waals surface area contributed by atoms with Crippen LogP contribution in [0.4, 0.5) is 11.4 Å². The maximum atomic E-state index is 10.9. The van der Waals surface area contributed by atoms with Crippen molar-refractivity contribution in [3.05, 3.63) is 44.9 Å². The summed E-state index contributed by atoms with van der Waals surface area (Å²) in [7, 11) is 0. The Bertz CT molecular complexity index is 585. The average molecular weight is 293 g/mol. The summed E-state index contributed by atoms with van der Waals surface area (Å²) in [5.74, 6) is 0.482. The Morgan fingerprint density at radius 2 is 2.25 bits per heavy atom. The molecule has 6 nitrogen and oxygen atoms in total. The molecule has 1 aromatic carbocycles. The minimum Gasteiger partial charge on any atom is -0.491 e. The van der Waals surface area contributed by atoms with Crippen LogP contribution in [-0.4, -0.2) is 16.0 Å². The van der Waals surface area contributed by atoms with E-state index in [1.165, 1.54) is 23.5 Å². The first-order chi connectivity index (χ1) is 9.54. The third-order valence-electron chi connectivity index (χ3n) is 2.40. The number of hydrogen-bond donors (Lipinski definition) is 1. The van der Waals surface area contributed by atoms with Gasteiger partial charge in [-0.25, -0.2) is 4.98 Å². The lowest BCUT2D eigenvalue weighted by Crippen LogP contribution is -2.07. The van der Waals surface area contributed by atoms with Gasteiger partial charge in [0.25, 0.3) is 5.69 Å². The van der Waals surface area contributed by atoms with Crippen LogP contribution in [0.1, 0.15) is 18.9 Å². The summed E-state index contributed by atoms with van der Waals surface area (Å²) >= 11 is 1.53. The molecule has 0 spiro atoms. The predicted molar refractivity (Wildman–Crippen MR) is 78.3 cm³/mol. The number of anilines is 1. The highest BCUT2D eigenvalue weighted by atomic mass is 32.1. The molecule has 0 aliphatic rings. The molecule has 0 unspecified atom stereocenters. The second kappa shape index (κ2) is 6.33. The number of ether oxygens (including phenoxy) is 1. The average Bonchev–Trinajstić information content (AvgIpc) is 2.88. The SMILES string of the molecule is CC(C)Oc1cc(NCc2nccs2)cc([N+](=O)[O-])c1. The molecule has 7 heteroatoms. The van der Waals surface area contributed by atoms with Gasteiger partial charge >= 0.3 is 0 Å². The largest absolute Gasteiger partial charge is 0.491 e. The highest BCUT2D eigenvalue weighted by molar-refractivity contribution is 7.09. The number of non-ortho nitro benzene ring substituents is 1. The van der Waals surface area contributed by atoms with Crippen molar-refractivity contribution in [2.24, 2.45) is 0 Å². The molecular formula is C13H15N3O3S. The fourth-order valence-electron chi connectivity index (χ4n) is 1.65. The summed E-state index contributed by atoms with van der Waals surface area (Å²) in [4.78, 5) is 14.7. The van der Waals surface area contributed by atoms with Crippen LogP contribution in [0.15, 0.2) is 29.8 Å². The third-order valence-corrected chi connectivity index (χ3v) is 3.18. The lowest BCUT2D eigenvalue weighted by atomic mass is 10.2. The number of rotatable bonds is 6. The molecule has 0 amide bonds. The van der Waals surface area contributed by atoms with Crippen molar-refractivity contribution in [2.75, 3.05) is 5.32 Å². The molecule has 2 rings (SSSR count). The van der Waals surface area contributed by atoms with E-state index in [4.69, 9.17) is 4.74 Å². The lowest BCUT2D eigenvalue weighted by molar-refractivity contribution is -0.384. The quantitative estimate of drug-likeness (QED) is 0.652. The van der Waals surface area contributed by atoms with Crippen LogP contribution in [0.2, 0.25) is 0 Å². The summed E-state index contributed by atoms with van der Waals surface area (Å²) in [6, 6.07) is 4.66. The smallest absolute Gasteiger partial charge is 0.275 e. The number of thiazole rings is 1. The van der Waals surface area contributed by atoms with Gasteiger partial charge in [0.15, 0.2) is 0 Å². The van der Waals surface area contributed by atoms with Gasteiger partial charge in [-0.15, -0.1) is 11.3 Å². The first kappa shape index (κ1) is 14.3. The van der Waals surface area contributed by atoms with Crippen molar-refractivity contribution >= 4 is 22.7 Å². The van der Waals surface area contributed by atoms with Crippen LogP contribution in [0.25, 0.3) is 0 Å². The van der Waals surface area contributed by atoms with E-state index in [-0.39, 0.29) is 11.8 Å². The normalized spacial score (nSPS) is 10.6. The van der Waals surface area contributed by atoms with Gasteiger partial charge in [-0.05, 0) is 13.8 Å². The van der Waals surface area contributed by atoms with E-state index in [0.29, 0.717) is 18.0 Å². The van der Waals surface area contributed by atoms with Crippen molar-refractivity contribution in [3.63, 3.8) is 0 Å². The number of nitro benzene ring substituents is 1. The molecule has 0 fully saturated rings. The van der Waals surface area contributed by atoms with Crippen molar-refractivity contribution < 1.29 is 9.66 Å². The van der Waals surface area contributed by atoms with E-state index in [2.05, 4.69) is 10.3 Å². The zero-order valence-electron chi connectivity index (χ0n) is 11.2. The van der Waals surface area contributed by atoms with Gasteiger partial charge in [-0.3, -0.25) is 10.1 Å². The monoisotopic (exact) mass is 293 g/mol. The zero-order chi connectivity index (χ0) is 14.5. The fraction of sp³-hybridized carbons (Fsp3) is 0.308. The number of aromatic nitrogens is 1. The van der Waals surface area contributed by atoms with Crippen molar-refractivity contribution in [1.82, 2.24) is 4.98 Å². The van der Waals surface area contributed by atoms with Crippen LogP contribution >= 0.6 is 11.3 Å². The molecule has 20 heavy (non-hydrogen) atoms. The Labute approximate surface area is 120 Å². The molecule has 0 aliphatic heterocycles. The fourth-order valence-corrected chi connectivity index (χ4v) is 2.20. The van der Waals surface area contributed by atoms with Crippen LogP contribution in [0.3, 0.4) is 0 Å². The Kier molecular flexibility index (Phi) is 4.52. The summed E-state index contributed by atoms with van der Waals surface area (Å²) in [5, 5.41) is 16.9. The molecule has 1 aromatic heterocycles. The molecule has 0 atom stereocenters. The molecule has 2 aromatic rings. The number of hydrogen-bond acceptors (Lipinski definition) is 6. The maximum Gasteiger partial charge on any atom is 0.275 e. The van der Waals surface area contributed by atoms with Gasteiger partial charge in [0.1, 0.15) is 10.8 Å². The number of nitrogens with one attached hydrogen (secondary N) is 1. The van der Waals surface area contributed by atoms with Gasteiger partial charge in [0, 0.05) is 29.4 Å². The van der Waals surface area contributed by atoms with E-state index in [1.54, 1.807) is 12.3 Å². The van der Waals surface area contributed by atoms with Gasteiger partial charge in [0.05, 0.1) is 23.6 Å². The van der Waals surface area contributed by atoms with E-state index in [0.717, 1.165) is 5.01 Å². The van der Waals surface area contributed by atoms with Gasteiger partial charge in [-0.2, -0.15) is 0 Å². The summed E-state index contributed by atoms with van der Waals surface area (Å²) in [6.07, 6.45) is 1.69. The first-order valence-electron chi connectivity index (χ1n) is 6.13. The van der Waals surface area contributed by atoms with Crippen LogP contribution in [0.5, 0.6) is 5.75 Å². The third kappa shape index (κ3) is 3.92. The summed E-state index contributed by atoms with van der Waals surface area (Å²) in [5.41, 5.74) is 0.648. The topological polar surface area (TPSA) is 77.3 Å². The Hall–Kier alpha value is -2.15. The zero-order valence-corrected chi connectivity index (χ0v) is 12.0. The minimum atomic E-state index is -0.429. The Morgan fingerprint density at radius 1 is 1.45 bits per heavy atom. The molecule has 1 N–H and O–H groups in total. The van der Waals surface area contributed by atoms with E-state index in [9.17, 15) is 10.1 Å². The van der Waals surface area contributed by atoms with Crippen molar-refractivity contribution in [2.45, 2.75) is 26.5 Å². The molecule has 1 heterocycles. The number of benzene rings is 1. The Morgan fingerprint density at radius 3 is 2.85 bits per heavy atom. The van der Waals surface area contributed by atoms with E-state index >= 15 is 0 Å². The van der Waals surface area contributed by atoms with Crippen molar-refractivity contribution in [3.8, 4) is 5.75 Å². The standard InChI is InChI=1S/C13H15N3O3S/c1-9(2)19-12-6-10(5-11(7-12)16(17)18)15-8-13-14-3-4-20-13/h3-7,9,15H,8H2,1-2H3. The maximum absolute atomic E-state index is 10.9. The predicted octanol–water partition coefficient (Wildman–Crippen LogP) is 3.45. The molecule has 0 bridgehead atoms. The second-order valence-electron chi connectivity index (χ2n) is 4.42. The van der Waals surface area contributed by atoms with Crippen LogP contribution in [-0.2, 0) is 6.54 Å². The number of nitrogens with zero attached hydrogens (tertiary/aromatic N) is 2. The molecule has 0 saturated carbocycles. The van der Waals surface area contributed by atoms with Crippen LogP contribution in [0, 0.1) is 10.1 Å². The lowest BCUT2D eigenvalue weighted by Gasteiger charge is -2.11. The summed E-state index contributed by atoms with van der Waals surface area (Å²) < 4.78 is 5.53. The van der Waals surface area contributed by atoms with Gasteiger partial charge in [-0.1, -0.05) is 0 Å². The summed E-state index contributed by atoms with van der Waals surface area (Å²) in [6.45, 7) is 4.28. The van der Waals surface area contributed by atoms with Gasteiger partial charge in [0.2, 0.25) is 0 Å². The van der Waals surface area contributed by atoms with Gasteiger partial charge < -0.3 is 10.1 Å². The molecule has 106 valence electrons. The first-order valence-corrected chi connectivity index (χ1v) is 7.01. The number of nitro groups is 1. The molecule has 0 saturated heterocycles. The highest BCUT2D eigenvalue weighted by Gasteiger charge is 2.11.